The molecule has 0 aromatic heterocycles. The number of nitrogens with zero attached hydrogens (tertiary/aromatic N) is 1. The first-order chi connectivity index (χ1) is 16.4. The Morgan fingerprint density at radius 3 is 1.86 bits per heavy atom. The smallest absolute Gasteiger partial charge is 0.326 e. The molecule has 0 aliphatic heterocycles. The van der Waals surface area contributed by atoms with Crippen molar-refractivity contribution in [3.8, 4) is 0 Å². The number of rotatable bonds is 18. The van der Waals surface area contributed by atoms with Gasteiger partial charge in [-0.3, -0.25) is 24.2 Å². The lowest BCUT2D eigenvalue weighted by Crippen LogP contribution is -2.57. The van der Waals surface area contributed by atoms with Gasteiger partial charge in [0.2, 0.25) is 17.7 Å². The first-order valence-corrected chi connectivity index (χ1v) is 10.9. The molecular weight excluding hydrogens is 468 g/mol. The van der Waals surface area contributed by atoms with E-state index >= 15 is 0 Å². The SMILES string of the molecule is NCCCCC(NC(=O)C(N)CO)C(=O)NC(CC(=O)O)C(=O)NC(CCCN=C(N)N)C(=O)O. The zero-order valence-corrected chi connectivity index (χ0v) is 19.3. The van der Waals surface area contributed by atoms with Crippen LogP contribution in [-0.2, 0) is 24.0 Å². The Balaban J connectivity index is 5.43. The zero-order chi connectivity index (χ0) is 27.0. The summed E-state index contributed by atoms with van der Waals surface area (Å²) in [6, 6.07) is -5.54. The summed E-state index contributed by atoms with van der Waals surface area (Å²) >= 11 is 0. The average Bonchev–Trinajstić information content (AvgIpc) is 2.78. The Labute approximate surface area is 201 Å². The Kier molecular flexibility index (Phi) is 15.3. The van der Waals surface area contributed by atoms with Crippen LogP contribution < -0.4 is 38.9 Å². The maximum atomic E-state index is 12.8. The molecule has 16 nitrogen and oxygen atoms in total. The molecule has 0 heterocycles. The molecule has 0 aliphatic carbocycles. The Morgan fingerprint density at radius 1 is 0.800 bits per heavy atom. The van der Waals surface area contributed by atoms with Crippen LogP contribution >= 0.6 is 0 Å². The standard InChI is InChI=1S/C19H36N8O8/c20-6-2-1-4-11(25-15(31)10(21)9-28)16(32)27-13(8-14(29)30)17(33)26-12(18(34)35)5-3-7-24-19(22)23/h10-13,28H,1-9,20-21H2,(H,25,31)(H,26,33)(H,27,32)(H,29,30)(H,34,35)(H4,22,23,24). The van der Waals surface area contributed by atoms with Gasteiger partial charge in [-0.1, -0.05) is 0 Å². The van der Waals surface area contributed by atoms with Gasteiger partial charge in [-0.2, -0.15) is 0 Å². The third-order valence-electron chi connectivity index (χ3n) is 4.68. The van der Waals surface area contributed by atoms with E-state index < -0.39 is 66.9 Å². The summed E-state index contributed by atoms with van der Waals surface area (Å²) in [6.45, 7) is -0.244. The number of guanidine groups is 1. The van der Waals surface area contributed by atoms with Crippen LogP contribution in [0.5, 0.6) is 0 Å². The summed E-state index contributed by atoms with van der Waals surface area (Å²) in [5.74, 6) is -5.76. The van der Waals surface area contributed by atoms with Crippen molar-refractivity contribution in [2.45, 2.75) is 62.7 Å². The van der Waals surface area contributed by atoms with Gasteiger partial charge in [0.25, 0.3) is 0 Å². The summed E-state index contributed by atoms with van der Waals surface area (Å²) < 4.78 is 0. The number of carboxylic acid groups (broad SMARTS) is 2. The third-order valence-corrected chi connectivity index (χ3v) is 4.68. The molecule has 4 unspecified atom stereocenters. The summed E-state index contributed by atoms with van der Waals surface area (Å²) in [7, 11) is 0. The number of carbonyl (C=O) groups is 5. The lowest BCUT2D eigenvalue weighted by atomic mass is 10.1. The van der Waals surface area contributed by atoms with Crippen molar-refractivity contribution in [3.05, 3.63) is 0 Å². The molecule has 0 radical (unpaired) electrons. The largest absolute Gasteiger partial charge is 0.481 e. The second-order valence-corrected chi connectivity index (χ2v) is 7.64. The molecule has 0 rings (SSSR count). The monoisotopic (exact) mass is 504 g/mol. The van der Waals surface area contributed by atoms with E-state index in [9.17, 15) is 29.1 Å². The fraction of sp³-hybridized carbons (Fsp3) is 0.684. The zero-order valence-electron chi connectivity index (χ0n) is 19.3. The minimum atomic E-state index is -1.64. The molecule has 0 saturated carbocycles. The van der Waals surface area contributed by atoms with Crippen molar-refractivity contribution in [2.24, 2.45) is 27.9 Å². The quantitative estimate of drug-likeness (QED) is 0.0480. The van der Waals surface area contributed by atoms with E-state index in [1.165, 1.54) is 0 Å². The number of carbonyl (C=O) groups excluding carboxylic acids is 3. The average molecular weight is 505 g/mol. The Bertz CT molecular complexity index is 759. The van der Waals surface area contributed by atoms with Gasteiger partial charge in [0.1, 0.15) is 24.2 Å². The number of amides is 3. The van der Waals surface area contributed by atoms with Crippen LogP contribution in [0.25, 0.3) is 0 Å². The molecule has 0 aromatic rings. The van der Waals surface area contributed by atoms with E-state index in [1.807, 2.05) is 0 Å². The number of aliphatic imine (C=N–C) groups is 1. The third kappa shape index (κ3) is 13.7. The number of aliphatic hydroxyl groups is 1. The molecule has 14 N–H and O–H groups in total. The lowest BCUT2D eigenvalue weighted by molar-refractivity contribution is -0.143. The van der Waals surface area contributed by atoms with Crippen LogP contribution in [0.15, 0.2) is 4.99 Å². The predicted octanol–water partition coefficient (Wildman–Crippen LogP) is -4.50. The summed E-state index contributed by atoms with van der Waals surface area (Å²) in [5, 5.41) is 34.3. The van der Waals surface area contributed by atoms with Crippen molar-refractivity contribution in [3.63, 3.8) is 0 Å². The highest BCUT2D eigenvalue weighted by atomic mass is 16.4. The summed E-state index contributed by atoms with van der Waals surface area (Å²) in [4.78, 5) is 64.0. The molecule has 4 atom stereocenters. The van der Waals surface area contributed by atoms with Gasteiger partial charge in [-0.25, -0.2) is 4.79 Å². The van der Waals surface area contributed by atoms with Gasteiger partial charge in [-0.05, 0) is 38.6 Å². The van der Waals surface area contributed by atoms with Crippen LogP contribution in [-0.4, -0.2) is 94.8 Å². The lowest BCUT2D eigenvalue weighted by Gasteiger charge is -2.24. The maximum Gasteiger partial charge on any atom is 0.326 e. The maximum absolute atomic E-state index is 12.8. The van der Waals surface area contributed by atoms with Crippen LogP contribution in [0.1, 0.15) is 38.5 Å². The number of aliphatic carboxylic acids is 2. The first-order valence-electron chi connectivity index (χ1n) is 10.9. The minimum Gasteiger partial charge on any atom is -0.481 e. The molecule has 3 amide bonds. The topological polar surface area (TPSA) is 299 Å². The van der Waals surface area contributed by atoms with E-state index in [2.05, 4.69) is 20.9 Å². The van der Waals surface area contributed by atoms with Crippen LogP contribution in [0.3, 0.4) is 0 Å². The molecule has 0 aliphatic rings. The van der Waals surface area contributed by atoms with Gasteiger partial charge in [0.05, 0.1) is 13.0 Å². The number of nitrogens with two attached hydrogens (primary N) is 4. The van der Waals surface area contributed by atoms with Gasteiger partial charge < -0.3 is 54.2 Å². The number of nitrogens with one attached hydrogen (secondary N) is 3. The molecule has 0 saturated heterocycles. The highest BCUT2D eigenvalue weighted by molar-refractivity contribution is 5.95. The van der Waals surface area contributed by atoms with Gasteiger partial charge >= 0.3 is 11.9 Å². The van der Waals surface area contributed by atoms with Gasteiger partial charge in [0, 0.05) is 6.54 Å². The van der Waals surface area contributed by atoms with Crippen molar-refractivity contribution >= 4 is 35.6 Å². The fourth-order valence-corrected chi connectivity index (χ4v) is 2.81. The first kappa shape index (κ1) is 31.5. The highest BCUT2D eigenvalue weighted by Gasteiger charge is 2.31. The van der Waals surface area contributed by atoms with Crippen molar-refractivity contribution in [2.75, 3.05) is 19.7 Å². The molecule has 0 fully saturated rings. The molecule has 0 bridgehead atoms. The van der Waals surface area contributed by atoms with Gasteiger partial charge in [-0.15, -0.1) is 0 Å². The van der Waals surface area contributed by atoms with E-state index in [-0.39, 0.29) is 31.8 Å². The number of hydrogen-bond acceptors (Lipinski definition) is 9. The summed E-state index contributed by atoms with van der Waals surface area (Å²) in [5.41, 5.74) is 21.3. The molecular formula is C19H36N8O8. The number of carboxylic acids is 2. The minimum absolute atomic E-state index is 0.0671. The number of aliphatic hydroxyl groups excluding tert-OH is 1. The summed E-state index contributed by atoms with van der Waals surface area (Å²) in [6.07, 6.45) is 0.309. The van der Waals surface area contributed by atoms with E-state index in [1.54, 1.807) is 0 Å². The van der Waals surface area contributed by atoms with Crippen LogP contribution in [0.2, 0.25) is 0 Å². The number of hydrogen-bond donors (Lipinski definition) is 10. The van der Waals surface area contributed by atoms with Gasteiger partial charge in [0.15, 0.2) is 5.96 Å². The molecule has 35 heavy (non-hydrogen) atoms. The van der Waals surface area contributed by atoms with Crippen molar-refractivity contribution in [1.82, 2.24) is 16.0 Å². The normalized spacial score (nSPS) is 14.0. The number of unbranched alkanes of at least 4 members (excludes halogenated alkanes) is 1. The van der Waals surface area contributed by atoms with Crippen molar-refractivity contribution in [1.29, 1.82) is 0 Å². The van der Waals surface area contributed by atoms with Crippen LogP contribution in [0.4, 0.5) is 0 Å². The van der Waals surface area contributed by atoms with E-state index in [0.29, 0.717) is 19.4 Å². The molecule has 0 spiro atoms. The fourth-order valence-electron chi connectivity index (χ4n) is 2.81. The van der Waals surface area contributed by atoms with Crippen LogP contribution in [0, 0.1) is 0 Å². The molecule has 16 heteroatoms. The molecule has 0 aromatic carbocycles. The highest BCUT2D eigenvalue weighted by Crippen LogP contribution is 2.05. The van der Waals surface area contributed by atoms with E-state index in [0.717, 1.165) is 0 Å². The second kappa shape index (κ2) is 17.0. The Morgan fingerprint density at radius 2 is 1.34 bits per heavy atom. The Hall–Kier alpha value is -3.50. The second-order valence-electron chi connectivity index (χ2n) is 7.64. The predicted molar refractivity (Wildman–Crippen MR) is 124 cm³/mol. The van der Waals surface area contributed by atoms with Crippen molar-refractivity contribution < 1.29 is 39.3 Å². The van der Waals surface area contributed by atoms with E-state index in [4.69, 9.17) is 33.1 Å². The molecule has 200 valence electrons.